The number of rotatable bonds is 10. The molecule has 1 aromatic carbocycles. The summed E-state index contributed by atoms with van der Waals surface area (Å²) in [5.74, 6) is 1.90. The number of thioether (sulfide) groups is 1. The molecule has 0 bridgehead atoms. The highest BCUT2D eigenvalue weighted by atomic mass is 79.9. The van der Waals surface area contributed by atoms with E-state index in [2.05, 4.69) is 55.8 Å². The number of tetrazole rings is 1. The number of aryl methyl sites for hydroxylation is 1. The molecule has 0 saturated heterocycles. The first-order valence-electron chi connectivity index (χ1n) is 7.67. The normalized spacial score (nSPS) is 10.9. The van der Waals surface area contributed by atoms with Crippen LogP contribution in [0.25, 0.3) is 0 Å². The third-order valence-electron chi connectivity index (χ3n) is 3.10. The monoisotopic (exact) mass is 399 g/mol. The van der Waals surface area contributed by atoms with E-state index in [0.29, 0.717) is 0 Å². The summed E-state index contributed by atoms with van der Waals surface area (Å²) in [6.45, 7) is 4.66. The van der Waals surface area contributed by atoms with Crippen molar-refractivity contribution in [3.63, 3.8) is 0 Å². The highest BCUT2D eigenvalue weighted by Crippen LogP contribution is 2.26. The first-order chi connectivity index (χ1) is 11.2. The number of hydrogen-bond donors (Lipinski definition) is 1. The zero-order chi connectivity index (χ0) is 16.5. The van der Waals surface area contributed by atoms with Crippen molar-refractivity contribution < 1.29 is 4.74 Å². The minimum atomic E-state index is 0.745. The average Bonchev–Trinajstić information content (AvgIpc) is 2.95. The van der Waals surface area contributed by atoms with Crippen LogP contribution >= 0.6 is 27.7 Å². The molecule has 2 aromatic rings. The second kappa shape index (κ2) is 9.89. The number of benzene rings is 1. The largest absolute Gasteiger partial charge is 0.492 e. The van der Waals surface area contributed by atoms with E-state index >= 15 is 0 Å². The van der Waals surface area contributed by atoms with Crippen molar-refractivity contribution in [3.05, 3.63) is 28.2 Å². The SMILES string of the molecule is CCCOc1ccc(CNCCCSc2nnnn2C)cc1Br. The van der Waals surface area contributed by atoms with Gasteiger partial charge in [0, 0.05) is 19.3 Å². The summed E-state index contributed by atoms with van der Waals surface area (Å²) in [5, 5.41) is 15.7. The van der Waals surface area contributed by atoms with Gasteiger partial charge in [-0.05, 0) is 63.4 Å². The Hall–Kier alpha value is -1.12. The third-order valence-corrected chi connectivity index (χ3v) is 4.81. The highest BCUT2D eigenvalue weighted by Gasteiger charge is 2.03. The molecular weight excluding hydrogens is 378 g/mol. The van der Waals surface area contributed by atoms with Gasteiger partial charge in [0.25, 0.3) is 0 Å². The van der Waals surface area contributed by atoms with Gasteiger partial charge in [0.2, 0.25) is 5.16 Å². The summed E-state index contributed by atoms with van der Waals surface area (Å²) in [4.78, 5) is 0. The second-order valence-electron chi connectivity index (χ2n) is 5.08. The van der Waals surface area contributed by atoms with Crippen molar-refractivity contribution >= 4 is 27.7 Å². The summed E-state index contributed by atoms with van der Waals surface area (Å²) in [5.41, 5.74) is 1.24. The second-order valence-corrected chi connectivity index (χ2v) is 6.99. The molecule has 1 N–H and O–H groups in total. The van der Waals surface area contributed by atoms with Gasteiger partial charge >= 0.3 is 0 Å². The first kappa shape index (κ1) is 18.2. The lowest BCUT2D eigenvalue weighted by atomic mass is 10.2. The Morgan fingerprint density at radius 2 is 2.26 bits per heavy atom. The molecule has 0 aliphatic rings. The molecule has 0 aliphatic carbocycles. The van der Waals surface area contributed by atoms with Crippen LogP contribution in [0, 0.1) is 0 Å². The molecule has 6 nitrogen and oxygen atoms in total. The molecule has 0 spiro atoms. The van der Waals surface area contributed by atoms with Crippen LogP contribution in [0.5, 0.6) is 5.75 Å². The molecule has 2 rings (SSSR count). The van der Waals surface area contributed by atoms with Crippen LogP contribution < -0.4 is 10.1 Å². The standard InChI is InChI=1S/C15H22BrN5OS/c1-3-8-22-14-6-5-12(10-13(14)16)11-17-7-4-9-23-15-18-19-20-21(15)2/h5-6,10,17H,3-4,7-9,11H2,1-2H3. The highest BCUT2D eigenvalue weighted by molar-refractivity contribution is 9.10. The fourth-order valence-electron chi connectivity index (χ4n) is 1.92. The zero-order valence-electron chi connectivity index (χ0n) is 13.5. The predicted molar refractivity (Wildman–Crippen MR) is 95.8 cm³/mol. The molecule has 8 heteroatoms. The van der Waals surface area contributed by atoms with E-state index in [9.17, 15) is 0 Å². The van der Waals surface area contributed by atoms with E-state index in [1.807, 2.05) is 13.1 Å². The zero-order valence-corrected chi connectivity index (χ0v) is 15.9. The van der Waals surface area contributed by atoms with Gasteiger partial charge in [-0.3, -0.25) is 0 Å². The molecule has 0 unspecified atom stereocenters. The topological polar surface area (TPSA) is 64.9 Å². The van der Waals surface area contributed by atoms with Crippen LogP contribution in [-0.2, 0) is 13.6 Å². The molecule has 0 radical (unpaired) electrons. The van der Waals surface area contributed by atoms with Gasteiger partial charge in [0.05, 0.1) is 11.1 Å². The number of aromatic nitrogens is 4. The summed E-state index contributed by atoms with van der Waals surface area (Å²) in [6.07, 6.45) is 2.08. The van der Waals surface area contributed by atoms with Gasteiger partial charge in [0.1, 0.15) is 5.75 Å². The Morgan fingerprint density at radius 1 is 1.39 bits per heavy atom. The minimum absolute atomic E-state index is 0.745. The molecule has 1 aromatic heterocycles. The maximum Gasteiger partial charge on any atom is 0.209 e. The van der Waals surface area contributed by atoms with Gasteiger partial charge in [-0.1, -0.05) is 24.8 Å². The van der Waals surface area contributed by atoms with Crippen LogP contribution in [-0.4, -0.2) is 39.1 Å². The van der Waals surface area contributed by atoms with Crippen molar-refractivity contribution in [2.45, 2.75) is 31.5 Å². The molecule has 23 heavy (non-hydrogen) atoms. The Kier molecular flexibility index (Phi) is 7.84. The first-order valence-corrected chi connectivity index (χ1v) is 9.45. The average molecular weight is 400 g/mol. The Labute approximate surface area is 149 Å². The Morgan fingerprint density at radius 3 is 2.96 bits per heavy atom. The molecule has 0 fully saturated rings. The number of ether oxygens (including phenoxy) is 1. The molecule has 0 saturated carbocycles. The molecular formula is C15H22BrN5OS. The van der Waals surface area contributed by atoms with Crippen LogP contribution in [0.3, 0.4) is 0 Å². The van der Waals surface area contributed by atoms with Gasteiger partial charge < -0.3 is 10.1 Å². The quantitative estimate of drug-likeness (QED) is 0.489. The van der Waals surface area contributed by atoms with Gasteiger partial charge in [-0.15, -0.1) is 5.10 Å². The number of nitrogens with zero attached hydrogens (tertiary/aromatic N) is 4. The number of hydrogen-bond acceptors (Lipinski definition) is 6. The van der Waals surface area contributed by atoms with Gasteiger partial charge in [-0.25, -0.2) is 4.68 Å². The molecule has 1 heterocycles. The fraction of sp³-hybridized carbons (Fsp3) is 0.533. The minimum Gasteiger partial charge on any atom is -0.492 e. The van der Waals surface area contributed by atoms with E-state index in [4.69, 9.17) is 4.74 Å². The lowest BCUT2D eigenvalue weighted by Crippen LogP contribution is -2.15. The Bertz CT molecular complexity index is 607. The van der Waals surface area contributed by atoms with Crippen molar-refractivity contribution in [3.8, 4) is 5.75 Å². The maximum atomic E-state index is 5.66. The van der Waals surface area contributed by atoms with E-state index in [1.54, 1.807) is 16.4 Å². The fourth-order valence-corrected chi connectivity index (χ4v) is 3.25. The van der Waals surface area contributed by atoms with Crippen molar-refractivity contribution in [1.82, 2.24) is 25.5 Å². The van der Waals surface area contributed by atoms with Crippen LogP contribution in [0.1, 0.15) is 25.3 Å². The van der Waals surface area contributed by atoms with Crippen LogP contribution in [0.15, 0.2) is 27.8 Å². The summed E-state index contributed by atoms with van der Waals surface area (Å²) >= 11 is 5.24. The molecule has 0 atom stereocenters. The van der Waals surface area contributed by atoms with Crippen LogP contribution in [0.2, 0.25) is 0 Å². The smallest absolute Gasteiger partial charge is 0.209 e. The maximum absolute atomic E-state index is 5.66. The van der Waals surface area contributed by atoms with Gasteiger partial charge in [-0.2, -0.15) is 0 Å². The third kappa shape index (κ3) is 6.12. The molecule has 0 amide bonds. The van der Waals surface area contributed by atoms with E-state index in [1.165, 1.54) is 5.56 Å². The number of halogens is 1. The van der Waals surface area contributed by atoms with Crippen molar-refractivity contribution in [1.29, 1.82) is 0 Å². The summed E-state index contributed by atoms with van der Waals surface area (Å²) < 4.78 is 8.36. The lowest BCUT2D eigenvalue weighted by molar-refractivity contribution is 0.315. The predicted octanol–water partition coefficient (Wildman–Crippen LogP) is 3.03. The number of nitrogens with one attached hydrogen (secondary N) is 1. The Balaban J connectivity index is 1.64. The van der Waals surface area contributed by atoms with Crippen molar-refractivity contribution in [2.75, 3.05) is 18.9 Å². The van der Waals surface area contributed by atoms with E-state index in [-0.39, 0.29) is 0 Å². The summed E-state index contributed by atoms with van der Waals surface area (Å²) in [7, 11) is 1.85. The van der Waals surface area contributed by atoms with E-state index < -0.39 is 0 Å². The van der Waals surface area contributed by atoms with Crippen molar-refractivity contribution in [2.24, 2.45) is 7.05 Å². The molecule has 126 valence electrons. The van der Waals surface area contributed by atoms with Gasteiger partial charge in [0.15, 0.2) is 0 Å². The van der Waals surface area contributed by atoms with Crippen LogP contribution in [0.4, 0.5) is 0 Å². The summed E-state index contributed by atoms with van der Waals surface area (Å²) in [6, 6.07) is 6.23. The van der Waals surface area contributed by atoms with E-state index in [0.717, 1.165) is 53.7 Å². The molecule has 0 aliphatic heterocycles. The lowest BCUT2D eigenvalue weighted by Gasteiger charge is -2.09.